The van der Waals surface area contributed by atoms with E-state index in [9.17, 15) is 0 Å². The number of hydrogen-bond acceptors (Lipinski definition) is 3. The average molecular weight is 480 g/mol. The van der Waals surface area contributed by atoms with Gasteiger partial charge in [-0.05, 0) is 42.5 Å². The molecule has 4 nitrogen and oxygen atoms in total. The summed E-state index contributed by atoms with van der Waals surface area (Å²) in [4.78, 5) is 14.3. The number of aromatic nitrogens is 4. The van der Waals surface area contributed by atoms with Crippen LogP contribution in [0.15, 0.2) is 81.7 Å². The van der Waals surface area contributed by atoms with Crippen molar-refractivity contribution >= 4 is 42.9 Å². The van der Waals surface area contributed by atoms with E-state index < -0.39 is 0 Å². The maximum Gasteiger partial charge on any atom is 0.199 e. The molecule has 0 atom stereocenters. The molecule has 3 aromatic rings. The Hall–Kier alpha value is -2.57. The van der Waals surface area contributed by atoms with E-state index in [0.717, 1.165) is 37.1 Å². The van der Waals surface area contributed by atoms with Crippen molar-refractivity contribution in [3.8, 4) is 28.7 Å². The van der Waals surface area contributed by atoms with Gasteiger partial charge in [-0.25, -0.2) is 15.0 Å². The molecule has 0 saturated heterocycles. The molecular weight excluding hydrogens is 468 g/mol. The Kier molecular flexibility index (Phi) is 4.02. The molecule has 0 saturated carbocycles. The third kappa shape index (κ3) is 2.95. The second-order valence-corrected chi connectivity index (χ2v) is 7.95. The summed E-state index contributed by atoms with van der Waals surface area (Å²) in [7, 11) is 0. The molecule has 2 heterocycles. The van der Waals surface area contributed by atoms with Crippen molar-refractivity contribution in [2.45, 2.75) is 0 Å². The van der Waals surface area contributed by atoms with Gasteiger partial charge in [0.25, 0.3) is 0 Å². The van der Waals surface area contributed by atoms with E-state index >= 15 is 0 Å². The van der Waals surface area contributed by atoms with Crippen LogP contribution in [0.1, 0.15) is 0 Å². The number of rotatable bonds is 2. The minimum absolute atomic E-state index is 0.631. The standard InChI is InChI=1S/C21H12Br2N4/c22-14-6-9-16(10-7-14)27-18-12-15(23)8-11-17(18)24-20-21(27)26-19(25-20)13-4-2-1-3-5-13/h1-12H. The lowest BCUT2D eigenvalue weighted by molar-refractivity contribution is 1.04. The lowest BCUT2D eigenvalue weighted by Crippen LogP contribution is -2.05. The Morgan fingerprint density at radius 2 is 1.41 bits per heavy atom. The van der Waals surface area contributed by atoms with Crippen molar-refractivity contribution in [1.82, 2.24) is 19.5 Å². The van der Waals surface area contributed by atoms with Crippen molar-refractivity contribution in [3.05, 3.63) is 81.7 Å². The first-order valence-corrected chi connectivity index (χ1v) is 9.95. The summed E-state index contributed by atoms with van der Waals surface area (Å²) in [5.74, 6) is 2.05. The number of fused-ring (bicyclic) bond motifs is 2. The molecule has 0 N–H and O–H groups in total. The number of imidazole rings is 1. The van der Waals surface area contributed by atoms with Crippen molar-refractivity contribution in [1.29, 1.82) is 0 Å². The van der Waals surface area contributed by atoms with Gasteiger partial charge in [0.1, 0.15) is 0 Å². The first-order valence-electron chi connectivity index (χ1n) is 8.36. The Labute approximate surface area is 172 Å². The van der Waals surface area contributed by atoms with E-state index in [2.05, 4.69) is 54.6 Å². The Morgan fingerprint density at radius 3 is 2.19 bits per heavy atom. The van der Waals surface area contributed by atoms with Gasteiger partial charge in [0.2, 0.25) is 0 Å². The van der Waals surface area contributed by atoms with Gasteiger partial charge in [0.05, 0.1) is 11.0 Å². The van der Waals surface area contributed by atoms with E-state index in [4.69, 9.17) is 15.0 Å². The lowest BCUT2D eigenvalue weighted by Gasteiger charge is -2.14. The molecule has 0 aliphatic carbocycles. The molecule has 130 valence electrons. The fraction of sp³-hybridized carbons (Fsp3) is 0. The van der Waals surface area contributed by atoms with Crippen molar-refractivity contribution in [3.63, 3.8) is 0 Å². The lowest BCUT2D eigenvalue weighted by atomic mass is 10.2. The van der Waals surface area contributed by atoms with Gasteiger partial charge in [-0.1, -0.05) is 62.2 Å². The zero-order valence-electron chi connectivity index (χ0n) is 14.0. The molecule has 3 aromatic carbocycles. The van der Waals surface area contributed by atoms with Gasteiger partial charge in [0.15, 0.2) is 17.5 Å². The monoisotopic (exact) mass is 478 g/mol. The van der Waals surface area contributed by atoms with Gasteiger partial charge in [-0.2, -0.15) is 0 Å². The zero-order chi connectivity index (χ0) is 18.4. The quantitative estimate of drug-likeness (QED) is 0.306. The molecule has 2 aliphatic rings. The minimum Gasteiger partial charge on any atom is -0.290 e. The molecule has 5 rings (SSSR count). The maximum atomic E-state index is 4.82. The smallest absolute Gasteiger partial charge is 0.199 e. The summed E-state index contributed by atoms with van der Waals surface area (Å²) in [6.07, 6.45) is 0. The molecule has 0 aromatic heterocycles. The van der Waals surface area contributed by atoms with Crippen molar-refractivity contribution < 1.29 is 0 Å². The second-order valence-electron chi connectivity index (χ2n) is 6.12. The normalized spacial score (nSPS) is 11.3. The van der Waals surface area contributed by atoms with E-state index in [1.165, 1.54) is 0 Å². The van der Waals surface area contributed by atoms with Crippen LogP contribution in [-0.4, -0.2) is 19.5 Å². The van der Waals surface area contributed by atoms with Gasteiger partial charge in [-0.15, -0.1) is 0 Å². The Balaban J connectivity index is 1.86. The SMILES string of the molecule is Brc1ccc(-n2c3nc(-c4ccccc4)nc-3nc3ccc(Br)cc32)cc1. The average Bonchev–Trinajstić information content (AvgIpc) is 3.11. The van der Waals surface area contributed by atoms with Crippen LogP contribution in [0.3, 0.4) is 0 Å². The molecule has 0 unspecified atom stereocenters. The highest BCUT2D eigenvalue weighted by atomic mass is 79.9. The zero-order valence-corrected chi connectivity index (χ0v) is 17.1. The predicted octanol–water partition coefficient (Wildman–Crippen LogP) is 6.11. The molecule has 0 spiro atoms. The van der Waals surface area contributed by atoms with Crippen LogP contribution in [-0.2, 0) is 0 Å². The second kappa shape index (κ2) is 6.55. The summed E-state index contributed by atoms with van der Waals surface area (Å²) in [6.45, 7) is 0. The molecule has 0 amide bonds. The molecule has 0 bridgehead atoms. The first-order chi connectivity index (χ1) is 13.2. The highest BCUT2D eigenvalue weighted by molar-refractivity contribution is 9.10. The van der Waals surface area contributed by atoms with Crippen LogP contribution >= 0.6 is 31.9 Å². The third-order valence-electron chi connectivity index (χ3n) is 4.36. The number of benzene rings is 3. The van der Waals surface area contributed by atoms with Crippen LogP contribution in [0.25, 0.3) is 39.8 Å². The van der Waals surface area contributed by atoms with E-state index in [-0.39, 0.29) is 0 Å². The summed E-state index contributed by atoms with van der Waals surface area (Å²) in [6, 6.07) is 24.2. The van der Waals surface area contributed by atoms with Crippen molar-refractivity contribution in [2.75, 3.05) is 0 Å². The highest BCUT2D eigenvalue weighted by Gasteiger charge is 2.21. The summed E-state index contributed by atoms with van der Waals surface area (Å²) in [5, 5.41) is 0. The Bertz CT molecular complexity index is 1230. The Morgan fingerprint density at radius 1 is 0.667 bits per heavy atom. The number of halogens is 2. The summed E-state index contributed by atoms with van der Waals surface area (Å²) >= 11 is 7.08. The van der Waals surface area contributed by atoms with Gasteiger partial charge in [-0.3, -0.25) is 4.57 Å². The summed E-state index contributed by atoms with van der Waals surface area (Å²) in [5.41, 5.74) is 3.82. The third-order valence-corrected chi connectivity index (χ3v) is 5.38. The summed E-state index contributed by atoms with van der Waals surface area (Å²) < 4.78 is 4.12. The van der Waals surface area contributed by atoms with E-state index in [1.807, 2.05) is 54.6 Å². The number of hydrogen-bond donors (Lipinski definition) is 0. The molecule has 6 heteroatoms. The van der Waals surface area contributed by atoms with Crippen LogP contribution < -0.4 is 0 Å². The fourth-order valence-corrected chi connectivity index (χ4v) is 3.73. The molecule has 27 heavy (non-hydrogen) atoms. The molecule has 2 aliphatic heterocycles. The van der Waals surface area contributed by atoms with Gasteiger partial charge >= 0.3 is 0 Å². The molecular formula is C21H12Br2N4. The largest absolute Gasteiger partial charge is 0.290 e. The van der Waals surface area contributed by atoms with E-state index in [1.54, 1.807) is 0 Å². The molecule has 0 fully saturated rings. The highest BCUT2D eigenvalue weighted by Crippen LogP contribution is 2.31. The topological polar surface area (TPSA) is 43.6 Å². The van der Waals surface area contributed by atoms with Crippen LogP contribution in [0, 0.1) is 0 Å². The van der Waals surface area contributed by atoms with Crippen LogP contribution in [0.5, 0.6) is 0 Å². The number of nitrogens with zero attached hydrogens (tertiary/aromatic N) is 4. The van der Waals surface area contributed by atoms with Crippen molar-refractivity contribution in [2.24, 2.45) is 0 Å². The van der Waals surface area contributed by atoms with Crippen LogP contribution in [0.4, 0.5) is 0 Å². The van der Waals surface area contributed by atoms with E-state index in [0.29, 0.717) is 11.6 Å². The van der Waals surface area contributed by atoms with Gasteiger partial charge < -0.3 is 0 Å². The fourth-order valence-electron chi connectivity index (χ4n) is 3.12. The van der Waals surface area contributed by atoms with Crippen LogP contribution in [0.2, 0.25) is 0 Å². The predicted molar refractivity (Wildman–Crippen MR) is 114 cm³/mol. The maximum absolute atomic E-state index is 4.82. The molecule has 0 radical (unpaired) electrons. The minimum atomic E-state index is 0.631. The van der Waals surface area contributed by atoms with Gasteiger partial charge in [0, 0.05) is 20.2 Å². The first kappa shape index (κ1) is 16.6.